The molecule has 2 aromatic rings. The quantitative estimate of drug-likeness (QED) is 0.661. The van der Waals surface area contributed by atoms with Gasteiger partial charge in [0.2, 0.25) is 5.88 Å². The fraction of sp³-hybridized carbons (Fsp3) is 0.476. The van der Waals surface area contributed by atoms with Crippen LogP contribution in [0, 0.1) is 12.7 Å². The molecule has 1 fully saturated rings. The van der Waals surface area contributed by atoms with E-state index in [2.05, 4.69) is 9.97 Å². The minimum atomic E-state index is -0.964. The Kier molecular flexibility index (Phi) is 4.36. The van der Waals surface area contributed by atoms with Crippen molar-refractivity contribution in [3.8, 4) is 5.88 Å². The van der Waals surface area contributed by atoms with Crippen LogP contribution in [0.5, 0.6) is 5.88 Å². The maximum absolute atomic E-state index is 14.2. The van der Waals surface area contributed by atoms with Gasteiger partial charge in [-0.3, -0.25) is 4.79 Å². The van der Waals surface area contributed by atoms with Crippen LogP contribution in [0.3, 0.4) is 0 Å². The van der Waals surface area contributed by atoms with Crippen molar-refractivity contribution in [3.05, 3.63) is 52.2 Å². The van der Waals surface area contributed by atoms with Gasteiger partial charge in [-0.1, -0.05) is 12.1 Å². The molecule has 1 atom stereocenters. The largest absolute Gasteiger partial charge is 0.493 e. The van der Waals surface area contributed by atoms with E-state index < -0.39 is 5.41 Å². The van der Waals surface area contributed by atoms with Crippen LogP contribution in [0.1, 0.15) is 59.8 Å². The Morgan fingerprint density at radius 1 is 1.26 bits per heavy atom. The molecule has 1 heterocycles. The second-order valence-electron chi connectivity index (χ2n) is 7.59. The normalized spacial score (nSPS) is 22.0. The number of fused-ring (bicyclic) bond motifs is 1. The lowest BCUT2D eigenvalue weighted by atomic mass is 9.72. The van der Waals surface area contributed by atoms with E-state index in [-0.39, 0.29) is 17.7 Å². The number of rotatable bonds is 3. The van der Waals surface area contributed by atoms with E-state index in [1.165, 1.54) is 13.2 Å². The molecule has 1 unspecified atom stereocenters. The second-order valence-corrected chi connectivity index (χ2v) is 7.59. The van der Waals surface area contributed by atoms with Gasteiger partial charge in [-0.15, -0.1) is 0 Å². The van der Waals surface area contributed by atoms with Gasteiger partial charge in [-0.25, -0.2) is 9.37 Å². The van der Waals surface area contributed by atoms with Crippen molar-refractivity contribution in [1.82, 2.24) is 9.97 Å². The minimum Gasteiger partial charge on any atom is -0.493 e. The SMILES string of the molecule is COC(=O)C1(c2cccc(F)c2C)CCc2nc(C3CC3)nc(O)c2CC1. The third-order valence-corrected chi connectivity index (χ3v) is 5.98. The summed E-state index contributed by atoms with van der Waals surface area (Å²) in [5, 5.41) is 10.4. The topological polar surface area (TPSA) is 72.3 Å². The highest BCUT2D eigenvalue weighted by Gasteiger charge is 2.44. The van der Waals surface area contributed by atoms with E-state index in [4.69, 9.17) is 4.74 Å². The molecule has 0 spiro atoms. The Hall–Kier alpha value is -2.50. The van der Waals surface area contributed by atoms with E-state index in [9.17, 15) is 14.3 Å². The van der Waals surface area contributed by atoms with Crippen LogP contribution in [0.25, 0.3) is 0 Å². The van der Waals surface area contributed by atoms with Gasteiger partial charge in [0, 0.05) is 11.5 Å². The lowest BCUT2D eigenvalue weighted by Crippen LogP contribution is -2.38. The van der Waals surface area contributed by atoms with E-state index >= 15 is 0 Å². The first-order chi connectivity index (χ1) is 13.0. The van der Waals surface area contributed by atoms with E-state index in [0.717, 1.165) is 18.5 Å². The summed E-state index contributed by atoms with van der Waals surface area (Å²) in [6.45, 7) is 1.69. The van der Waals surface area contributed by atoms with Crippen LogP contribution < -0.4 is 0 Å². The second kappa shape index (κ2) is 6.59. The van der Waals surface area contributed by atoms with Crippen molar-refractivity contribution >= 4 is 5.97 Å². The van der Waals surface area contributed by atoms with Crippen molar-refractivity contribution in [2.75, 3.05) is 7.11 Å². The maximum Gasteiger partial charge on any atom is 0.316 e. The molecule has 27 heavy (non-hydrogen) atoms. The Balaban J connectivity index is 1.78. The average Bonchev–Trinajstić information content (AvgIpc) is 3.50. The summed E-state index contributed by atoms with van der Waals surface area (Å²) in [5.41, 5.74) is 1.64. The van der Waals surface area contributed by atoms with Crippen LogP contribution in [-0.4, -0.2) is 28.2 Å². The van der Waals surface area contributed by atoms with Crippen molar-refractivity contribution in [2.24, 2.45) is 0 Å². The first kappa shape index (κ1) is 17.9. The zero-order valence-electron chi connectivity index (χ0n) is 15.6. The van der Waals surface area contributed by atoms with Gasteiger partial charge < -0.3 is 9.84 Å². The molecule has 0 bridgehead atoms. The zero-order valence-corrected chi connectivity index (χ0v) is 15.6. The molecule has 5 nitrogen and oxygen atoms in total. The Bertz CT molecular complexity index is 911. The first-order valence-electron chi connectivity index (χ1n) is 9.39. The molecule has 1 N–H and O–H groups in total. The van der Waals surface area contributed by atoms with Crippen LogP contribution in [-0.2, 0) is 27.8 Å². The number of benzene rings is 1. The summed E-state index contributed by atoms with van der Waals surface area (Å²) in [4.78, 5) is 21.8. The number of methoxy groups -OCH3 is 1. The van der Waals surface area contributed by atoms with Crippen molar-refractivity contribution in [2.45, 2.75) is 56.8 Å². The van der Waals surface area contributed by atoms with Gasteiger partial charge in [-0.05, 0) is 62.6 Å². The van der Waals surface area contributed by atoms with Crippen molar-refractivity contribution in [1.29, 1.82) is 0 Å². The summed E-state index contributed by atoms with van der Waals surface area (Å²) in [5.74, 6) is 0.327. The molecular weight excluding hydrogens is 347 g/mol. The molecule has 0 aliphatic heterocycles. The predicted octanol–water partition coefficient (Wildman–Crippen LogP) is 3.50. The monoisotopic (exact) mass is 370 g/mol. The molecule has 142 valence electrons. The molecule has 0 saturated heterocycles. The van der Waals surface area contributed by atoms with Gasteiger partial charge >= 0.3 is 5.97 Å². The number of aromatic hydroxyl groups is 1. The molecule has 6 heteroatoms. The smallest absolute Gasteiger partial charge is 0.316 e. The number of ether oxygens (including phenoxy) is 1. The van der Waals surface area contributed by atoms with Crippen molar-refractivity contribution in [3.63, 3.8) is 0 Å². The number of aromatic nitrogens is 2. The summed E-state index contributed by atoms with van der Waals surface area (Å²) < 4.78 is 19.4. The third-order valence-electron chi connectivity index (χ3n) is 5.98. The number of esters is 1. The summed E-state index contributed by atoms with van der Waals surface area (Å²) in [6.07, 6.45) is 3.92. The highest BCUT2D eigenvalue weighted by atomic mass is 19.1. The van der Waals surface area contributed by atoms with Gasteiger partial charge in [0.15, 0.2) is 0 Å². The molecule has 0 radical (unpaired) electrons. The maximum atomic E-state index is 14.2. The summed E-state index contributed by atoms with van der Waals surface area (Å²) in [7, 11) is 1.36. The number of hydrogen-bond donors (Lipinski definition) is 1. The van der Waals surface area contributed by atoms with Crippen LogP contribution in [0.2, 0.25) is 0 Å². The van der Waals surface area contributed by atoms with E-state index in [0.29, 0.717) is 54.1 Å². The third kappa shape index (κ3) is 2.97. The minimum absolute atomic E-state index is 0.0125. The highest BCUT2D eigenvalue weighted by Crippen LogP contribution is 2.44. The zero-order chi connectivity index (χ0) is 19.2. The van der Waals surface area contributed by atoms with E-state index in [1.54, 1.807) is 19.1 Å². The van der Waals surface area contributed by atoms with E-state index in [1.807, 2.05) is 0 Å². The molecule has 1 saturated carbocycles. The molecule has 2 aliphatic rings. The van der Waals surface area contributed by atoms with Gasteiger partial charge in [0.1, 0.15) is 11.6 Å². The summed E-state index contributed by atoms with van der Waals surface area (Å²) >= 11 is 0. The lowest BCUT2D eigenvalue weighted by Gasteiger charge is -2.31. The number of carbonyl (C=O) groups is 1. The van der Waals surface area contributed by atoms with Crippen LogP contribution >= 0.6 is 0 Å². The molecule has 1 aromatic heterocycles. The van der Waals surface area contributed by atoms with Gasteiger partial charge in [0.05, 0.1) is 18.2 Å². The number of nitrogens with zero attached hydrogens (tertiary/aromatic N) is 2. The van der Waals surface area contributed by atoms with Crippen LogP contribution in [0.4, 0.5) is 4.39 Å². The number of carbonyl (C=O) groups excluding carboxylic acids is 1. The Morgan fingerprint density at radius 2 is 2.00 bits per heavy atom. The van der Waals surface area contributed by atoms with Crippen molar-refractivity contribution < 1.29 is 19.0 Å². The Labute approximate surface area is 157 Å². The molecule has 4 rings (SSSR count). The first-order valence-corrected chi connectivity index (χ1v) is 9.39. The highest BCUT2D eigenvalue weighted by molar-refractivity contribution is 5.84. The fourth-order valence-electron chi connectivity index (χ4n) is 4.22. The fourth-order valence-corrected chi connectivity index (χ4v) is 4.22. The lowest BCUT2D eigenvalue weighted by molar-refractivity contribution is -0.148. The predicted molar refractivity (Wildman–Crippen MR) is 97.1 cm³/mol. The van der Waals surface area contributed by atoms with Gasteiger partial charge in [-0.2, -0.15) is 4.98 Å². The number of aryl methyl sites for hydroxylation is 1. The molecular formula is C21H23FN2O3. The van der Waals surface area contributed by atoms with Crippen LogP contribution in [0.15, 0.2) is 18.2 Å². The Morgan fingerprint density at radius 3 is 2.70 bits per heavy atom. The molecule has 1 aromatic carbocycles. The average molecular weight is 370 g/mol. The summed E-state index contributed by atoms with van der Waals surface area (Å²) in [6, 6.07) is 4.82. The number of halogens is 1. The molecule has 2 aliphatic carbocycles. The number of hydrogen-bond acceptors (Lipinski definition) is 5. The molecule has 0 amide bonds. The standard InChI is InChI=1S/C21H23FN2O3/c1-12-15(4-3-5-16(12)22)21(20(26)27-2)10-8-14-17(9-11-21)23-18(13-6-7-13)24-19(14)25/h3-5,13H,6-11H2,1-2H3,(H,23,24,25). The van der Waals surface area contributed by atoms with Gasteiger partial charge in [0.25, 0.3) is 0 Å².